The summed E-state index contributed by atoms with van der Waals surface area (Å²) < 4.78 is 28.0. The van der Waals surface area contributed by atoms with E-state index in [-0.39, 0.29) is 10.8 Å². The van der Waals surface area contributed by atoms with E-state index in [1.54, 1.807) is 43.3 Å². The fourth-order valence-electron chi connectivity index (χ4n) is 3.16. The van der Waals surface area contributed by atoms with Crippen molar-refractivity contribution >= 4 is 21.6 Å². The number of benzene rings is 2. The summed E-state index contributed by atoms with van der Waals surface area (Å²) in [5, 5.41) is 0. The lowest BCUT2D eigenvalue weighted by atomic mass is 10.1. The fraction of sp³-hybridized carbons (Fsp3) is 0.350. The Bertz CT molecular complexity index is 931. The number of amides is 1. The van der Waals surface area contributed by atoms with E-state index in [0.29, 0.717) is 16.8 Å². The van der Waals surface area contributed by atoms with Crippen LogP contribution in [0, 0.1) is 13.8 Å². The number of anilines is 1. The van der Waals surface area contributed by atoms with Gasteiger partial charge in [0.25, 0.3) is 15.9 Å². The molecular formula is C20H26N3O3S+. The van der Waals surface area contributed by atoms with Gasteiger partial charge in [0.1, 0.15) is 0 Å². The van der Waals surface area contributed by atoms with Crippen LogP contribution in [0.15, 0.2) is 47.4 Å². The van der Waals surface area contributed by atoms with Crippen molar-refractivity contribution in [2.75, 3.05) is 37.9 Å². The Morgan fingerprint density at radius 2 is 1.67 bits per heavy atom. The topological polar surface area (TPSA) is 70.9 Å². The molecule has 2 aromatic rings. The Labute approximate surface area is 160 Å². The molecule has 0 radical (unpaired) electrons. The SMILES string of the molecule is Cc1ccc(C)c(S(=O)(=O)Nc2ccc(C(=O)N3CC[NH+](C)CC3)cc2)c1. The summed E-state index contributed by atoms with van der Waals surface area (Å²) in [6, 6.07) is 12.0. The minimum atomic E-state index is -3.67. The molecule has 1 aliphatic rings. The standard InChI is InChI=1S/C20H25N3O3S/c1-15-4-5-16(2)19(14-15)27(25,26)21-18-8-6-17(7-9-18)20(24)23-12-10-22(3)11-13-23/h4-9,14,21H,10-13H2,1-3H3/p+1. The Hall–Kier alpha value is -2.38. The first-order chi connectivity index (χ1) is 12.8. The lowest BCUT2D eigenvalue weighted by molar-refractivity contribution is -0.883. The second-order valence-electron chi connectivity index (χ2n) is 7.20. The van der Waals surface area contributed by atoms with Gasteiger partial charge < -0.3 is 9.80 Å². The summed E-state index contributed by atoms with van der Waals surface area (Å²) >= 11 is 0. The minimum Gasteiger partial charge on any atom is -0.334 e. The molecule has 0 saturated carbocycles. The summed E-state index contributed by atoms with van der Waals surface area (Å²) in [5.74, 6) is -0.00793. The third kappa shape index (κ3) is 4.48. The third-order valence-corrected chi connectivity index (χ3v) is 6.44. The molecule has 27 heavy (non-hydrogen) atoms. The van der Waals surface area contributed by atoms with Crippen molar-refractivity contribution in [2.45, 2.75) is 18.7 Å². The second-order valence-corrected chi connectivity index (χ2v) is 8.85. The maximum absolute atomic E-state index is 12.7. The second kappa shape index (κ2) is 7.70. The average molecular weight is 389 g/mol. The van der Waals surface area contributed by atoms with E-state index in [4.69, 9.17) is 0 Å². The van der Waals surface area contributed by atoms with Crippen molar-refractivity contribution in [2.24, 2.45) is 0 Å². The van der Waals surface area contributed by atoms with Crippen LogP contribution in [0.25, 0.3) is 0 Å². The number of nitrogens with zero attached hydrogens (tertiary/aromatic N) is 1. The summed E-state index contributed by atoms with van der Waals surface area (Å²) in [4.78, 5) is 16.1. The van der Waals surface area contributed by atoms with Gasteiger partial charge in [0.05, 0.1) is 38.1 Å². The Morgan fingerprint density at radius 1 is 1.04 bits per heavy atom. The number of aryl methyl sites for hydroxylation is 2. The van der Waals surface area contributed by atoms with Crippen molar-refractivity contribution in [1.29, 1.82) is 0 Å². The van der Waals surface area contributed by atoms with Gasteiger partial charge in [0.15, 0.2) is 0 Å². The molecule has 144 valence electrons. The molecule has 2 N–H and O–H groups in total. The smallest absolute Gasteiger partial charge is 0.262 e. The molecule has 2 aromatic carbocycles. The summed E-state index contributed by atoms with van der Waals surface area (Å²) in [5.41, 5.74) is 2.59. The molecule has 0 atom stereocenters. The van der Waals surface area contributed by atoms with E-state index >= 15 is 0 Å². The van der Waals surface area contributed by atoms with Gasteiger partial charge in [-0.3, -0.25) is 9.52 Å². The lowest BCUT2D eigenvalue weighted by Crippen LogP contribution is -3.12. The predicted molar refractivity (Wildman–Crippen MR) is 106 cm³/mol. The van der Waals surface area contributed by atoms with Gasteiger partial charge in [-0.25, -0.2) is 8.42 Å². The molecule has 6 nitrogen and oxygen atoms in total. The molecule has 7 heteroatoms. The van der Waals surface area contributed by atoms with E-state index in [1.807, 2.05) is 17.9 Å². The molecule has 0 aromatic heterocycles. The maximum atomic E-state index is 12.7. The molecule has 3 rings (SSSR count). The minimum absolute atomic E-state index is 0.00793. The monoisotopic (exact) mass is 388 g/mol. The molecule has 0 bridgehead atoms. The molecule has 1 heterocycles. The molecule has 0 aliphatic carbocycles. The van der Waals surface area contributed by atoms with E-state index in [1.165, 1.54) is 4.90 Å². The molecule has 1 saturated heterocycles. The van der Waals surface area contributed by atoms with Crippen molar-refractivity contribution < 1.29 is 18.1 Å². The summed E-state index contributed by atoms with van der Waals surface area (Å²) in [6.07, 6.45) is 0. The molecular weight excluding hydrogens is 362 g/mol. The first-order valence-corrected chi connectivity index (χ1v) is 10.6. The predicted octanol–water partition coefficient (Wildman–Crippen LogP) is 1.07. The maximum Gasteiger partial charge on any atom is 0.262 e. The number of carbonyl (C=O) groups is 1. The van der Waals surface area contributed by atoms with Crippen LogP contribution in [0.2, 0.25) is 0 Å². The zero-order valence-corrected chi connectivity index (χ0v) is 16.8. The molecule has 1 aliphatic heterocycles. The van der Waals surface area contributed by atoms with Crippen LogP contribution < -0.4 is 9.62 Å². The van der Waals surface area contributed by atoms with Crippen LogP contribution in [0.3, 0.4) is 0 Å². The van der Waals surface area contributed by atoms with Gasteiger partial charge in [-0.15, -0.1) is 0 Å². The number of piperazine rings is 1. The first kappa shape index (κ1) is 19.4. The van der Waals surface area contributed by atoms with Gasteiger partial charge >= 0.3 is 0 Å². The van der Waals surface area contributed by atoms with Gasteiger partial charge in [-0.1, -0.05) is 12.1 Å². The lowest BCUT2D eigenvalue weighted by Gasteiger charge is -2.30. The van der Waals surface area contributed by atoms with E-state index < -0.39 is 10.0 Å². The van der Waals surface area contributed by atoms with E-state index in [2.05, 4.69) is 11.8 Å². The number of hydrogen-bond donors (Lipinski definition) is 2. The Morgan fingerprint density at radius 3 is 2.30 bits per heavy atom. The highest BCUT2D eigenvalue weighted by Crippen LogP contribution is 2.21. The van der Waals surface area contributed by atoms with Crippen LogP contribution in [0.1, 0.15) is 21.5 Å². The van der Waals surface area contributed by atoms with Crippen molar-refractivity contribution in [3.05, 3.63) is 59.2 Å². The quantitative estimate of drug-likeness (QED) is 0.823. The number of nitrogens with one attached hydrogen (secondary N) is 2. The van der Waals surface area contributed by atoms with Crippen LogP contribution in [0.4, 0.5) is 5.69 Å². The summed E-state index contributed by atoms with van der Waals surface area (Å²) in [7, 11) is -1.55. The van der Waals surface area contributed by atoms with E-state index in [9.17, 15) is 13.2 Å². The highest BCUT2D eigenvalue weighted by molar-refractivity contribution is 7.92. The molecule has 1 amide bonds. The Kier molecular flexibility index (Phi) is 5.53. The van der Waals surface area contributed by atoms with Gasteiger partial charge in [0.2, 0.25) is 0 Å². The van der Waals surface area contributed by atoms with Crippen molar-refractivity contribution in [3.8, 4) is 0 Å². The Balaban J connectivity index is 1.74. The van der Waals surface area contributed by atoms with Crippen LogP contribution in [-0.4, -0.2) is 52.5 Å². The van der Waals surface area contributed by atoms with Gasteiger partial charge in [-0.2, -0.15) is 0 Å². The number of sulfonamides is 1. The number of quaternary nitrogens is 1. The molecule has 1 fully saturated rings. The number of rotatable bonds is 4. The highest BCUT2D eigenvalue weighted by Gasteiger charge is 2.23. The molecule has 0 spiro atoms. The van der Waals surface area contributed by atoms with Crippen molar-refractivity contribution in [3.63, 3.8) is 0 Å². The largest absolute Gasteiger partial charge is 0.334 e. The zero-order chi connectivity index (χ0) is 19.6. The number of hydrogen-bond acceptors (Lipinski definition) is 3. The highest BCUT2D eigenvalue weighted by atomic mass is 32.2. The van der Waals surface area contributed by atoms with Crippen LogP contribution >= 0.6 is 0 Å². The number of likely N-dealkylation sites (N-methyl/N-ethyl adjacent to an activating group) is 1. The third-order valence-electron chi connectivity index (χ3n) is 4.92. The van der Waals surface area contributed by atoms with E-state index in [0.717, 1.165) is 31.7 Å². The normalized spacial score (nSPS) is 15.6. The molecule has 0 unspecified atom stereocenters. The van der Waals surface area contributed by atoms with Crippen molar-refractivity contribution in [1.82, 2.24) is 4.90 Å². The fourth-order valence-corrected chi connectivity index (χ4v) is 4.55. The number of carbonyl (C=O) groups excluding carboxylic acids is 1. The zero-order valence-electron chi connectivity index (χ0n) is 16.0. The summed E-state index contributed by atoms with van der Waals surface area (Å²) in [6.45, 7) is 7.00. The van der Waals surface area contributed by atoms with Gasteiger partial charge in [-0.05, 0) is 55.3 Å². The first-order valence-electron chi connectivity index (χ1n) is 9.07. The van der Waals surface area contributed by atoms with Crippen LogP contribution in [0.5, 0.6) is 0 Å². The average Bonchev–Trinajstić information content (AvgIpc) is 2.64. The van der Waals surface area contributed by atoms with Crippen LogP contribution in [-0.2, 0) is 10.0 Å². The van der Waals surface area contributed by atoms with Gasteiger partial charge in [0, 0.05) is 11.3 Å².